The SMILES string of the molecule is CCOP(=O)(OCC)C1CCC(=S)N1. The molecule has 0 saturated carbocycles. The van der Waals surface area contributed by atoms with Crippen LogP contribution in [0.15, 0.2) is 0 Å². The molecule has 0 aliphatic carbocycles. The standard InChI is InChI=1S/C8H16NO3PS/c1-3-11-13(10,12-4-2)7-5-6-8(14)9-7/h7H,3-6H2,1-2H3,(H,9,14). The predicted molar refractivity (Wildman–Crippen MR) is 59.6 cm³/mol. The molecule has 82 valence electrons. The van der Waals surface area contributed by atoms with Crippen LogP contribution >= 0.6 is 19.8 Å². The number of hydrogen-bond acceptors (Lipinski definition) is 4. The van der Waals surface area contributed by atoms with Gasteiger partial charge >= 0.3 is 7.60 Å². The van der Waals surface area contributed by atoms with Crippen LogP contribution in [0.25, 0.3) is 0 Å². The van der Waals surface area contributed by atoms with Crippen molar-refractivity contribution in [3.63, 3.8) is 0 Å². The van der Waals surface area contributed by atoms with Gasteiger partial charge in [0, 0.05) is 6.42 Å². The van der Waals surface area contributed by atoms with Crippen molar-refractivity contribution in [3.8, 4) is 0 Å². The highest BCUT2D eigenvalue weighted by Gasteiger charge is 2.38. The Labute approximate surface area is 89.9 Å². The molecule has 0 amide bonds. The smallest absolute Gasteiger partial charge is 0.352 e. The van der Waals surface area contributed by atoms with E-state index in [4.69, 9.17) is 21.3 Å². The molecule has 6 heteroatoms. The molecule has 1 N–H and O–H groups in total. The Morgan fingerprint density at radius 2 is 2.07 bits per heavy atom. The summed E-state index contributed by atoms with van der Waals surface area (Å²) in [6, 6.07) is 0. The topological polar surface area (TPSA) is 47.6 Å². The number of nitrogens with one attached hydrogen (secondary N) is 1. The third kappa shape index (κ3) is 2.76. The zero-order valence-electron chi connectivity index (χ0n) is 8.49. The van der Waals surface area contributed by atoms with Gasteiger partial charge < -0.3 is 14.4 Å². The van der Waals surface area contributed by atoms with Crippen LogP contribution in [0, 0.1) is 0 Å². The summed E-state index contributed by atoms with van der Waals surface area (Å²) in [5, 5.41) is 2.98. The summed E-state index contributed by atoms with van der Waals surface area (Å²) in [6.45, 7) is 4.39. The van der Waals surface area contributed by atoms with Crippen LogP contribution in [0.1, 0.15) is 26.7 Å². The second kappa shape index (κ2) is 5.21. The molecule has 1 atom stereocenters. The Hall–Kier alpha value is 0.0400. The summed E-state index contributed by atoms with van der Waals surface area (Å²) in [5.41, 5.74) is 0. The third-order valence-electron chi connectivity index (χ3n) is 1.97. The molecule has 1 rings (SSSR count). The fraction of sp³-hybridized carbons (Fsp3) is 0.875. The van der Waals surface area contributed by atoms with Crippen LogP contribution in [0.5, 0.6) is 0 Å². The summed E-state index contributed by atoms with van der Waals surface area (Å²) < 4.78 is 22.6. The van der Waals surface area contributed by atoms with Gasteiger partial charge in [-0.05, 0) is 20.3 Å². The minimum absolute atomic E-state index is 0.255. The van der Waals surface area contributed by atoms with Crippen molar-refractivity contribution in [2.24, 2.45) is 0 Å². The Morgan fingerprint density at radius 3 is 2.43 bits per heavy atom. The minimum Gasteiger partial charge on any atom is -0.366 e. The van der Waals surface area contributed by atoms with Crippen molar-refractivity contribution >= 4 is 24.8 Å². The zero-order chi connectivity index (χ0) is 10.6. The van der Waals surface area contributed by atoms with E-state index in [0.29, 0.717) is 13.2 Å². The van der Waals surface area contributed by atoms with E-state index >= 15 is 0 Å². The Balaban J connectivity index is 2.66. The first-order valence-corrected chi connectivity index (χ1v) is 6.82. The normalized spacial score (nSPS) is 22.4. The average Bonchev–Trinajstić information content (AvgIpc) is 2.53. The highest BCUT2D eigenvalue weighted by molar-refractivity contribution is 7.80. The van der Waals surface area contributed by atoms with Gasteiger partial charge in [0.2, 0.25) is 0 Å². The highest BCUT2D eigenvalue weighted by atomic mass is 32.1. The van der Waals surface area contributed by atoms with Crippen molar-refractivity contribution in [1.29, 1.82) is 0 Å². The van der Waals surface area contributed by atoms with Crippen molar-refractivity contribution < 1.29 is 13.6 Å². The first kappa shape index (κ1) is 12.1. The summed E-state index contributed by atoms with van der Waals surface area (Å²) in [5.74, 6) is -0.255. The third-order valence-corrected chi connectivity index (χ3v) is 4.68. The molecule has 1 fully saturated rings. The van der Waals surface area contributed by atoms with E-state index in [1.165, 1.54) is 0 Å². The number of thiocarbonyl (C=S) groups is 1. The molecule has 0 radical (unpaired) electrons. The quantitative estimate of drug-likeness (QED) is 0.587. The van der Waals surface area contributed by atoms with Gasteiger partial charge in [-0.15, -0.1) is 0 Å². The van der Waals surface area contributed by atoms with E-state index in [2.05, 4.69) is 5.32 Å². The molecule has 0 aromatic heterocycles. The molecule has 1 aliphatic rings. The van der Waals surface area contributed by atoms with E-state index in [-0.39, 0.29) is 5.78 Å². The van der Waals surface area contributed by atoms with Gasteiger partial charge in [-0.1, -0.05) is 12.2 Å². The molecule has 4 nitrogen and oxygen atoms in total. The van der Waals surface area contributed by atoms with Gasteiger partial charge in [-0.3, -0.25) is 4.57 Å². The predicted octanol–water partition coefficient (Wildman–Crippen LogP) is 2.29. The van der Waals surface area contributed by atoms with Crippen molar-refractivity contribution in [2.45, 2.75) is 32.5 Å². The van der Waals surface area contributed by atoms with Gasteiger partial charge in [0.05, 0.1) is 18.2 Å². The van der Waals surface area contributed by atoms with Crippen LogP contribution < -0.4 is 5.32 Å². The van der Waals surface area contributed by atoms with E-state index < -0.39 is 7.60 Å². The van der Waals surface area contributed by atoms with E-state index in [0.717, 1.165) is 17.8 Å². The summed E-state index contributed by atoms with van der Waals surface area (Å²) >= 11 is 4.99. The second-order valence-corrected chi connectivity index (χ2v) is 5.71. The molecule has 1 heterocycles. The highest BCUT2D eigenvalue weighted by Crippen LogP contribution is 2.54. The van der Waals surface area contributed by atoms with Crippen molar-refractivity contribution in [3.05, 3.63) is 0 Å². The molecular weight excluding hydrogens is 221 g/mol. The summed E-state index contributed by atoms with van der Waals surface area (Å²) in [4.78, 5) is 0.745. The largest absolute Gasteiger partial charge is 0.366 e. The lowest BCUT2D eigenvalue weighted by Gasteiger charge is -2.22. The second-order valence-electron chi connectivity index (χ2n) is 3.00. The lowest BCUT2D eigenvalue weighted by Crippen LogP contribution is -2.26. The van der Waals surface area contributed by atoms with Crippen molar-refractivity contribution in [2.75, 3.05) is 13.2 Å². The first-order valence-electron chi connectivity index (χ1n) is 4.80. The molecule has 0 bridgehead atoms. The van der Waals surface area contributed by atoms with Crippen LogP contribution in [-0.2, 0) is 13.6 Å². The summed E-state index contributed by atoms with van der Waals surface area (Å²) in [7, 11) is -3.00. The molecule has 14 heavy (non-hydrogen) atoms. The van der Waals surface area contributed by atoms with Gasteiger partial charge in [0.15, 0.2) is 0 Å². The molecule has 1 unspecified atom stereocenters. The van der Waals surface area contributed by atoms with Crippen LogP contribution in [0.2, 0.25) is 0 Å². The fourth-order valence-corrected chi connectivity index (χ4v) is 3.67. The number of hydrogen-bond donors (Lipinski definition) is 1. The van der Waals surface area contributed by atoms with Crippen LogP contribution in [0.4, 0.5) is 0 Å². The maximum absolute atomic E-state index is 12.2. The molecule has 0 spiro atoms. The van der Waals surface area contributed by atoms with Gasteiger partial charge in [0.1, 0.15) is 5.78 Å². The van der Waals surface area contributed by atoms with E-state index in [1.54, 1.807) is 13.8 Å². The minimum atomic E-state index is -3.00. The molecule has 1 saturated heterocycles. The zero-order valence-corrected chi connectivity index (χ0v) is 10.2. The van der Waals surface area contributed by atoms with Crippen LogP contribution in [-0.4, -0.2) is 24.0 Å². The molecular formula is C8H16NO3PS. The van der Waals surface area contributed by atoms with Crippen LogP contribution in [0.3, 0.4) is 0 Å². The first-order chi connectivity index (χ1) is 6.62. The Morgan fingerprint density at radius 1 is 1.50 bits per heavy atom. The molecule has 1 aliphatic heterocycles. The van der Waals surface area contributed by atoms with E-state index in [9.17, 15) is 4.57 Å². The lowest BCUT2D eigenvalue weighted by molar-refractivity contribution is 0.210. The van der Waals surface area contributed by atoms with E-state index in [1.807, 2.05) is 0 Å². The Kier molecular flexibility index (Phi) is 4.51. The van der Waals surface area contributed by atoms with Gasteiger partial charge in [-0.2, -0.15) is 0 Å². The van der Waals surface area contributed by atoms with Gasteiger partial charge in [-0.25, -0.2) is 0 Å². The fourth-order valence-electron chi connectivity index (χ4n) is 1.41. The monoisotopic (exact) mass is 237 g/mol. The molecule has 0 aromatic carbocycles. The molecule has 0 aromatic rings. The average molecular weight is 237 g/mol. The van der Waals surface area contributed by atoms with Crippen molar-refractivity contribution in [1.82, 2.24) is 5.32 Å². The number of rotatable bonds is 5. The summed E-state index contributed by atoms with van der Waals surface area (Å²) in [6.07, 6.45) is 1.50. The lowest BCUT2D eigenvalue weighted by atomic mass is 10.4. The maximum Gasteiger partial charge on any atom is 0.352 e. The van der Waals surface area contributed by atoms with Gasteiger partial charge in [0.25, 0.3) is 0 Å². The Bertz CT molecular complexity index is 249. The maximum atomic E-state index is 12.2.